The molecule has 1 aromatic carbocycles. The number of nitrogens with one attached hydrogen (secondary N) is 2. The van der Waals surface area contributed by atoms with Crippen molar-refractivity contribution >= 4 is 10.9 Å². The summed E-state index contributed by atoms with van der Waals surface area (Å²) in [5.41, 5.74) is 4.03. The third-order valence-corrected chi connectivity index (χ3v) is 2.94. The Morgan fingerprint density at radius 1 is 1.31 bits per heavy atom. The van der Waals surface area contributed by atoms with Crippen LogP contribution in [-0.4, -0.2) is 17.6 Å². The molecular formula is C14H20N2. The van der Waals surface area contributed by atoms with Gasteiger partial charge in [0.25, 0.3) is 0 Å². The Morgan fingerprint density at radius 2 is 2.12 bits per heavy atom. The number of H-pyrrole nitrogens is 1. The minimum absolute atomic E-state index is 0.561. The normalized spacial score (nSPS) is 11.5. The Balaban J connectivity index is 2.18. The Hall–Kier alpha value is -1.28. The molecule has 0 saturated heterocycles. The van der Waals surface area contributed by atoms with Crippen LogP contribution in [0.4, 0.5) is 0 Å². The molecule has 2 aromatic rings. The summed E-state index contributed by atoms with van der Waals surface area (Å²) in [6, 6.07) is 6.98. The number of aryl methyl sites for hydroxylation is 1. The van der Waals surface area contributed by atoms with Gasteiger partial charge in [-0.15, -0.1) is 0 Å². The van der Waals surface area contributed by atoms with Gasteiger partial charge in [-0.2, -0.15) is 0 Å². The van der Waals surface area contributed by atoms with Crippen LogP contribution in [0.1, 0.15) is 25.0 Å². The van der Waals surface area contributed by atoms with E-state index >= 15 is 0 Å². The lowest BCUT2D eigenvalue weighted by Gasteiger charge is -2.07. The predicted octanol–water partition coefficient (Wildman–Crippen LogP) is 3.02. The van der Waals surface area contributed by atoms with Crippen LogP contribution in [0.15, 0.2) is 24.4 Å². The number of rotatable bonds is 4. The fourth-order valence-electron chi connectivity index (χ4n) is 2.14. The molecule has 0 spiro atoms. The van der Waals surface area contributed by atoms with Gasteiger partial charge < -0.3 is 10.3 Å². The van der Waals surface area contributed by atoms with Gasteiger partial charge in [0.1, 0.15) is 0 Å². The van der Waals surface area contributed by atoms with Crippen molar-refractivity contribution < 1.29 is 0 Å². The van der Waals surface area contributed by atoms with Crippen molar-refractivity contribution in [1.82, 2.24) is 10.3 Å². The van der Waals surface area contributed by atoms with E-state index in [2.05, 4.69) is 55.5 Å². The van der Waals surface area contributed by atoms with Crippen LogP contribution >= 0.6 is 0 Å². The molecule has 0 aliphatic heterocycles. The largest absolute Gasteiger partial charge is 0.361 e. The first-order valence-corrected chi connectivity index (χ1v) is 5.97. The maximum atomic E-state index is 3.45. The summed E-state index contributed by atoms with van der Waals surface area (Å²) in [6.45, 7) is 7.58. The van der Waals surface area contributed by atoms with E-state index in [9.17, 15) is 0 Å². The Morgan fingerprint density at radius 3 is 2.88 bits per heavy atom. The zero-order valence-electron chi connectivity index (χ0n) is 10.3. The molecule has 0 unspecified atom stereocenters. The molecule has 0 aliphatic carbocycles. The molecule has 0 atom stereocenters. The van der Waals surface area contributed by atoms with Gasteiger partial charge in [0, 0.05) is 23.1 Å². The smallest absolute Gasteiger partial charge is 0.0459 e. The van der Waals surface area contributed by atoms with E-state index in [1.54, 1.807) is 0 Å². The van der Waals surface area contributed by atoms with Gasteiger partial charge in [-0.1, -0.05) is 26.0 Å². The molecule has 2 N–H and O–H groups in total. The highest BCUT2D eigenvalue weighted by molar-refractivity contribution is 5.86. The van der Waals surface area contributed by atoms with Crippen LogP contribution in [0, 0.1) is 6.92 Å². The van der Waals surface area contributed by atoms with Gasteiger partial charge in [0.2, 0.25) is 0 Å². The van der Waals surface area contributed by atoms with Crippen molar-refractivity contribution in [1.29, 1.82) is 0 Å². The first-order valence-electron chi connectivity index (χ1n) is 5.97. The predicted molar refractivity (Wildman–Crippen MR) is 69.9 cm³/mol. The molecule has 16 heavy (non-hydrogen) atoms. The third-order valence-electron chi connectivity index (χ3n) is 2.94. The van der Waals surface area contributed by atoms with E-state index < -0.39 is 0 Å². The summed E-state index contributed by atoms with van der Waals surface area (Å²) in [5, 5.41) is 4.85. The summed E-state index contributed by atoms with van der Waals surface area (Å²) in [4.78, 5) is 3.34. The highest BCUT2D eigenvalue weighted by atomic mass is 14.9. The first kappa shape index (κ1) is 11.2. The maximum Gasteiger partial charge on any atom is 0.0459 e. The number of hydrogen-bond donors (Lipinski definition) is 2. The molecule has 0 saturated carbocycles. The van der Waals surface area contributed by atoms with Gasteiger partial charge in [-0.3, -0.25) is 0 Å². The van der Waals surface area contributed by atoms with Crippen LogP contribution in [-0.2, 0) is 6.42 Å². The van der Waals surface area contributed by atoms with E-state index in [1.165, 1.54) is 22.0 Å². The minimum atomic E-state index is 0.561. The van der Waals surface area contributed by atoms with Crippen LogP contribution in [0.2, 0.25) is 0 Å². The van der Waals surface area contributed by atoms with E-state index in [0.29, 0.717) is 6.04 Å². The summed E-state index contributed by atoms with van der Waals surface area (Å²) >= 11 is 0. The van der Waals surface area contributed by atoms with E-state index in [0.717, 1.165) is 13.0 Å². The Labute approximate surface area is 97.1 Å². The van der Waals surface area contributed by atoms with Crippen molar-refractivity contribution in [3.05, 3.63) is 35.5 Å². The molecule has 0 radical (unpaired) electrons. The SMILES string of the molecule is Cc1cccc2[nH]cc(CCNC(C)C)c12. The van der Waals surface area contributed by atoms with Gasteiger partial charge in [-0.25, -0.2) is 0 Å². The minimum Gasteiger partial charge on any atom is -0.361 e. The summed E-state index contributed by atoms with van der Waals surface area (Å²) < 4.78 is 0. The molecule has 0 amide bonds. The quantitative estimate of drug-likeness (QED) is 0.808. The topological polar surface area (TPSA) is 27.8 Å². The molecule has 0 bridgehead atoms. The average Bonchev–Trinajstić information content (AvgIpc) is 2.62. The van der Waals surface area contributed by atoms with Gasteiger partial charge in [0.15, 0.2) is 0 Å². The van der Waals surface area contributed by atoms with Crippen molar-refractivity contribution in [3.8, 4) is 0 Å². The fraction of sp³-hybridized carbons (Fsp3) is 0.429. The van der Waals surface area contributed by atoms with Crippen LogP contribution in [0.3, 0.4) is 0 Å². The molecule has 1 aromatic heterocycles. The molecule has 0 aliphatic rings. The van der Waals surface area contributed by atoms with E-state index in [1.807, 2.05) is 0 Å². The lowest BCUT2D eigenvalue weighted by atomic mass is 10.1. The monoisotopic (exact) mass is 216 g/mol. The lowest BCUT2D eigenvalue weighted by Crippen LogP contribution is -2.24. The molecular weight excluding hydrogens is 196 g/mol. The fourth-order valence-corrected chi connectivity index (χ4v) is 2.14. The van der Waals surface area contributed by atoms with Crippen molar-refractivity contribution in [2.24, 2.45) is 0 Å². The van der Waals surface area contributed by atoms with Gasteiger partial charge in [-0.05, 0) is 37.1 Å². The zero-order chi connectivity index (χ0) is 11.5. The van der Waals surface area contributed by atoms with Gasteiger partial charge >= 0.3 is 0 Å². The number of fused-ring (bicyclic) bond motifs is 1. The number of benzene rings is 1. The standard InChI is InChI=1S/C14H20N2/c1-10(2)15-8-7-12-9-16-13-6-4-5-11(3)14(12)13/h4-6,9-10,15-16H,7-8H2,1-3H3. The molecule has 0 fully saturated rings. The highest BCUT2D eigenvalue weighted by Gasteiger charge is 2.05. The second-order valence-electron chi connectivity index (χ2n) is 4.67. The number of hydrogen-bond acceptors (Lipinski definition) is 1. The Bertz CT molecular complexity index is 469. The lowest BCUT2D eigenvalue weighted by molar-refractivity contribution is 0.591. The maximum absolute atomic E-state index is 3.45. The van der Waals surface area contributed by atoms with E-state index in [-0.39, 0.29) is 0 Å². The third kappa shape index (κ3) is 2.27. The van der Waals surface area contributed by atoms with Gasteiger partial charge in [0.05, 0.1) is 0 Å². The molecule has 2 heteroatoms. The molecule has 1 heterocycles. The second-order valence-corrected chi connectivity index (χ2v) is 4.67. The first-order chi connectivity index (χ1) is 7.68. The summed E-state index contributed by atoms with van der Waals surface area (Å²) in [5.74, 6) is 0. The van der Waals surface area contributed by atoms with Crippen LogP contribution in [0.5, 0.6) is 0 Å². The zero-order valence-corrected chi connectivity index (χ0v) is 10.3. The van der Waals surface area contributed by atoms with E-state index in [4.69, 9.17) is 0 Å². The van der Waals surface area contributed by atoms with Crippen molar-refractivity contribution in [2.45, 2.75) is 33.2 Å². The van der Waals surface area contributed by atoms with Crippen LogP contribution in [0.25, 0.3) is 10.9 Å². The molecule has 86 valence electrons. The average molecular weight is 216 g/mol. The van der Waals surface area contributed by atoms with Crippen LogP contribution < -0.4 is 5.32 Å². The van der Waals surface area contributed by atoms with Crippen molar-refractivity contribution in [3.63, 3.8) is 0 Å². The molecule has 2 rings (SSSR count). The summed E-state index contributed by atoms with van der Waals surface area (Å²) in [6.07, 6.45) is 3.22. The number of aromatic amines is 1. The number of aromatic nitrogens is 1. The molecule has 2 nitrogen and oxygen atoms in total. The summed E-state index contributed by atoms with van der Waals surface area (Å²) in [7, 11) is 0. The highest BCUT2D eigenvalue weighted by Crippen LogP contribution is 2.22. The second kappa shape index (κ2) is 4.71. The Kier molecular flexibility index (Phi) is 3.30. The van der Waals surface area contributed by atoms with Crippen molar-refractivity contribution in [2.75, 3.05) is 6.54 Å².